The fourth-order valence-corrected chi connectivity index (χ4v) is 2.79. The number of fused-ring (bicyclic) bond motifs is 3. The van der Waals surface area contributed by atoms with E-state index in [1.807, 2.05) is 30.3 Å². The zero-order chi connectivity index (χ0) is 16.7. The van der Waals surface area contributed by atoms with Gasteiger partial charge in [0, 0.05) is 34.0 Å². The average molecular weight is 317 g/mol. The van der Waals surface area contributed by atoms with Gasteiger partial charge in [0.1, 0.15) is 11.2 Å². The Bertz CT molecular complexity index is 1110. The Kier molecular flexibility index (Phi) is 3.13. The van der Waals surface area contributed by atoms with Gasteiger partial charge in [-0.25, -0.2) is 0 Å². The molecule has 4 aromatic rings. The van der Waals surface area contributed by atoms with Crippen LogP contribution in [-0.4, -0.2) is 10.7 Å². The molecule has 0 saturated carbocycles. The average Bonchev–Trinajstić information content (AvgIpc) is 2.99. The van der Waals surface area contributed by atoms with Crippen molar-refractivity contribution in [2.45, 2.75) is 0 Å². The van der Waals surface area contributed by atoms with E-state index in [4.69, 9.17) is 4.42 Å². The highest BCUT2D eigenvalue weighted by atomic mass is 16.6. The number of hydrogen-bond acceptors (Lipinski definition) is 4. The Morgan fingerprint density at radius 3 is 2.42 bits per heavy atom. The highest BCUT2D eigenvalue weighted by molar-refractivity contribution is 6.12. The van der Waals surface area contributed by atoms with E-state index in [-0.39, 0.29) is 17.0 Å². The van der Waals surface area contributed by atoms with E-state index in [1.165, 1.54) is 18.2 Å². The number of nitrogens with zero attached hydrogens (tertiary/aromatic N) is 1. The quantitative estimate of drug-likeness (QED) is 0.311. The number of nitro benzene ring substituents is 1. The molecule has 4 rings (SSSR count). The lowest BCUT2D eigenvalue weighted by atomic mass is 10.0. The van der Waals surface area contributed by atoms with Gasteiger partial charge in [-0.15, -0.1) is 0 Å². The predicted octanol–water partition coefficient (Wildman–Crippen LogP) is 4.73. The molecule has 3 aromatic carbocycles. The molecular formula is C19H11NO4. The first-order chi connectivity index (χ1) is 11.6. The van der Waals surface area contributed by atoms with Crippen molar-refractivity contribution in [1.82, 2.24) is 0 Å². The molecule has 0 amide bonds. The van der Waals surface area contributed by atoms with E-state index in [0.29, 0.717) is 11.1 Å². The van der Waals surface area contributed by atoms with Crippen molar-refractivity contribution in [2.24, 2.45) is 0 Å². The summed E-state index contributed by atoms with van der Waals surface area (Å²) >= 11 is 0. The van der Waals surface area contributed by atoms with Crippen LogP contribution in [0, 0.1) is 10.1 Å². The van der Waals surface area contributed by atoms with E-state index in [0.717, 1.165) is 16.4 Å². The number of furan rings is 1. The fourth-order valence-electron chi connectivity index (χ4n) is 2.79. The number of benzene rings is 3. The molecule has 116 valence electrons. The number of carbonyl (C=O) groups is 1. The molecule has 0 unspecified atom stereocenters. The first-order valence-electron chi connectivity index (χ1n) is 7.34. The first kappa shape index (κ1) is 14.1. The summed E-state index contributed by atoms with van der Waals surface area (Å²) in [4.78, 5) is 23.0. The molecule has 0 fully saturated rings. The molecule has 0 spiro atoms. The summed E-state index contributed by atoms with van der Waals surface area (Å²) in [6, 6.07) is 18.6. The number of para-hydroxylation sites is 1. The van der Waals surface area contributed by atoms with E-state index in [9.17, 15) is 14.9 Å². The maximum atomic E-state index is 12.6. The van der Waals surface area contributed by atoms with Crippen molar-refractivity contribution in [3.63, 3.8) is 0 Å². The maximum Gasteiger partial charge on any atom is 0.270 e. The van der Waals surface area contributed by atoms with Gasteiger partial charge < -0.3 is 4.42 Å². The highest BCUT2D eigenvalue weighted by Gasteiger charge is 2.15. The van der Waals surface area contributed by atoms with Gasteiger partial charge in [-0.2, -0.15) is 0 Å². The number of nitro groups is 1. The predicted molar refractivity (Wildman–Crippen MR) is 90.2 cm³/mol. The molecule has 0 aliphatic heterocycles. The minimum Gasteiger partial charge on any atom is -0.456 e. The summed E-state index contributed by atoms with van der Waals surface area (Å²) in [5, 5.41) is 12.8. The second kappa shape index (κ2) is 5.31. The molecule has 0 aliphatic rings. The molecule has 0 saturated heterocycles. The monoisotopic (exact) mass is 317 g/mol. The van der Waals surface area contributed by atoms with Crippen molar-refractivity contribution < 1.29 is 14.1 Å². The van der Waals surface area contributed by atoms with Crippen LogP contribution in [0.4, 0.5) is 5.69 Å². The molecule has 0 atom stereocenters. The summed E-state index contributed by atoms with van der Waals surface area (Å²) in [5.74, 6) is -0.277. The van der Waals surface area contributed by atoms with Crippen LogP contribution in [0.2, 0.25) is 0 Å². The molecule has 5 heteroatoms. The summed E-state index contributed by atoms with van der Waals surface area (Å²) in [5.41, 5.74) is 1.98. The van der Waals surface area contributed by atoms with Gasteiger partial charge in [-0.3, -0.25) is 14.9 Å². The van der Waals surface area contributed by atoms with Crippen molar-refractivity contribution in [1.29, 1.82) is 0 Å². The van der Waals surface area contributed by atoms with Gasteiger partial charge in [0.05, 0.1) is 4.92 Å². The minimum atomic E-state index is -0.515. The zero-order valence-corrected chi connectivity index (χ0v) is 12.4. The van der Waals surface area contributed by atoms with Gasteiger partial charge in [0.15, 0.2) is 5.78 Å². The second-order valence-electron chi connectivity index (χ2n) is 5.45. The molecule has 0 N–H and O–H groups in total. The molecular weight excluding hydrogens is 306 g/mol. The van der Waals surface area contributed by atoms with Crippen LogP contribution in [0.3, 0.4) is 0 Å². The standard InChI is InChI=1S/C19H11NO4/c21-19(12-4-3-5-14(10-12)20(22)23)13-8-9-16-15-6-1-2-7-17(15)24-18(16)11-13/h1-11H. The molecule has 1 heterocycles. The van der Waals surface area contributed by atoms with Crippen molar-refractivity contribution in [3.8, 4) is 0 Å². The van der Waals surface area contributed by atoms with Gasteiger partial charge in [-0.1, -0.05) is 36.4 Å². The summed E-state index contributed by atoms with van der Waals surface area (Å²) in [6.45, 7) is 0. The number of ketones is 1. The van der Waals surface area contributed by atoms with Gasteiger partial charge >= 0.3 is 0 Å². The molecule has 0 aliphatic carbocycles. The Morgan fingerprint density at radius 1 is 0.833 bits per heavy atom. The fraction of sp³-hybridized carbons (Fsp3) is 0. The van der Waals surface area contributed by atoms with Crippen LogP contribution >= 0.6 is 0 Å². The third kappa shape index (κ3) is 2.23. The lowest BCUT2D eigenvalue weighted by Gasteiger charge is -2.01. The van der Waals surface area contributed by atoms with Crippen LogP contribution in [0.1, 0.15) is 15.9 Å². The SMILES string of the molecule is O=C(c1cccc([N+](=O)[O-])c1)c1ccc2c(c1)oc1ccccc12. The van der Waals surface area contributed by atoms with Crippen LogP contribution in [0.5, 0.6) is 0 Å². The van der Waals surface area contributed by atoms with E-state index < -0.39 is 4.92 Å². The summed E-state index contributed by atoms with van der Waals surface area (Å²) in [7, 11) is 0. The third-order valence-corrected chi connectivity index (χ3v) is 3.96. The molecule has 24 heavy (non-hydrogen) atoms. The largest absolute Gasteiger partial charge is 0.456 e. The van der Waals surface area contributed by atoms with Crippen LogP contribution in [-0.2, 0) is 0 Å². The van der Waals surface area contributed by atoms with Gasteiger partial charge in [0.25, 0.3) is 5.69 Å². The second-order valence-corrected chi connectivity index (χ2v) is 5.45. The Labute approximate surface area is 136 Å². The van der Waals surface area contributed by atoms with Gasteiger partial charge in [-0.05, 0) is 18.2 Å². The minimum absolute atomic E-state index is 0.106. The van der Waals surface area contributed by atoms with E-state index in [1.54, 1.807) is 18.2 Å². The highest BCUT2D eigenvalue weighted by Crippen LogP contribution is 2.29. The normalized spacial score (nSPS) is 11.0. The van der Waals surface area contributed by atoms with Crippen LogP contribution in [0.25, 0.3) is 21.9 Å². The van der Waals surface area contributed by atoms with Crippen molar-refractivity contribution >= 4 is 33.4 Å². The molecule has 5 nitrogen and oxygen atoms in total. The summed E-state index contributed by atoms with van der Waals surface area (Å²) in [6.07, 6.45) is 0. The van der Waals surface area contributed by atoms with Crippen LogP contribution < -0.4 is 0 Å². The van der Waals surface area contributed by atoms with Gasteiger partial charge in [0.2, 0.25) is 0 Å². The molecule has 0 bridgehead atoms. The van der Waals surface area contributed by atoms with Crippen LogP contribution in [0.15, 0.2) is 71.1 Å². The lowest BCUT2D eigenvalue weighted by Crippen LogP contribution is -2.01. The Hall–Kier alpha value is -3.47. The Balaban J connectivity index is 1.81. The number of rotatable bonds is 3. The first-order valence-corrected chi connectivity index (χ1v) is 7.34. The van der Waals surface area contributed by atoms with Crippen molar-refractivity contribution in [3.05, 3.63) is 88.0 Å². The maximum absolute atomic E-state index is 12.6. The Morgan fingerprint density at radius 2 is 1.58 bits per heavy atom. The van der Waals surface area contributed by atoms with E-state index in [2.05, 4.69) is 0 Å². The molecule has 1 aromatic heterocycles. The molecule has 0 radical (unpaired) electrons. The van der Waals surface area contributed by atoms with E-state index >= 15 is 0 Å². The zero-order valence-electron chi connectivity index (χ0n) is 12.4. The lowest BCUT2D eigenvalue weighted by molar-refractivity contribution is -0.384. The number of non-ortho nitro benzene ring substituents is 1. The topological polar surface area (TPSA) is 73.3 Å². The summed E-state index contributed by atoms with van der Waals surface area (Å²) < 4.78 is 5.78. The smallest absolute Gasteiger partial charge is 0.270 e. The number of hydrogen-bond donors (Lipinski definition) is 0. The number of carbonyl (C=O) groups excluding carboxylic acids is 1. The van der Waals surface area contributed by atoms with Crippen molar-refractivity contribution in [2.75, 3.05) is 0 Å². The third-order valence-electron chi connectivity index (χ3n) is 3.96.